The second-order valence-corrected chi connectivity index (χ2v) is 5.32. The van der Waals surface area contributed by atoms with E-state index in [-0.39, 0.29) is 16.4 Å². The summed E-state index contributed by atoms with van der Waals surface area (Å²) in [4.78, 5) is 14.2. The van der Waals surface area contributed by atoms with Crippen molar-refractivity contribution >= 4 is 38.2 Å². The van der Waals surface area contributed by atoms with Crippen LogP contribution in [0.2, 0.25) is 0 Å². The number of allylic oxidation sites excluding steroid dienone is 1. The summed E-state index contributed by atoms with van der Waals surface area (Å²) in [6.07, 6.45) is 2.49. The van der Waals surface area contributed by atoms with E-state index >= 15 is 0 Å². The molecule has 0 aliphatic rings. The monoisotopic (exact) mass is 231 g/mol. The minimum absolute atomic E-state index is 0.111. The SMILES string of the molecule is CS(=O)(=O)/C=C(\[C]=O)c1csc(N)n1. The van der Waals surface area contributed by atoms with Gasteiger partial charge < -0.3 is 5.73 Å². The summed E-state index contributed by atoms with van der Waals surface area (Å²) >= 11 is 1.13. The van der Waals surface area contributed by atoms with Gasteiger partial charge in [-0.2, -0.15) is 0 Å². The van der Waals surface area contributed by atoms with E-state index < -0.39 is 9.84 Å². The van der Waals surface area contributed by atoms with Crippen molar-refractivity contribution in [2.75, 3.05) is 12.0 Å². The number of hydrogen-bond donors (Lipinski definition) is 1. The minimum atomic E-state index is -3.38. The number of nitrogens with zero attached hydrogens (tertiary/aromatic N) is 1. The lowest BCUT2D eigenvalue weighted by Gasteiger charge is -1.91. The van der Waals surface area contributed by atoms with Gasteiger partial charge in [0.05, 0.1) is 11.3 Å². The Morgan fingerprint density at radius 2 is 2.36 bits per heavy atom. The van der Waals surface area contributed by atoms with E-state index in [0.717, 1.165) is 23.0 Å². The van der Waals surface area contributed by atoms with Crippen LogP contribution in [0.1, 0.15) is 5.69 Å². The number of anilines is 1. The van der Waals surface area contributed by atoms with E-state index in [0.29, 0.717) is 0 Å². The van der Waals surface area contributed by atoms with Crippen molar-refractivity contribution in [3.63, 3.8) is 0 Å². The van der Waals surface area contributed by atoms with Gasteiger partial charge >= 0.3 is 0 Å². The fraction of sp³-hybridized carbons (Fsp3) is 0.143. The molecule has 7 heteroatoms. The molecule has 1 rings (SSSR count). The number of hydrogen-bond acceptors (Lipinski definition) is 6. The van der Waals surface area contributed by atoms with Gasteiger partial charge in [-0.25, -0.2) is 13.4 Å². The molecular formula is C7H7N2O3S2. The molecule has 0 atom stereocenters. The van der Waals surface area contributed by atoms with Crippen LogP contribution in [-0.4, -0.2) is 25.9 Å². The summed E-state index contributed by atoms with van der Waals surface area (Å²) in [5, 5.41) is 2.58. The zero-order valence-corrected chi connectivity index (χ0v) is 8.85. The van der Waals surface area contributed by atoms with Gasteiger partial charge in [-0.15, -0.1) is 11.3 Å². The first-order chi connectivity index (χ1) is 6.42. The van der Waals surface area contributed by atoms with Crippen LogP contribution in [0.5, 0.6) is 0 Å². The predicted octanol–water partition coefficient (Wildman–Crippen LogP) is 0.221. The second kappa shape index (κ2) is 3.89. The Balaban J connectivity index is 3.18. The molecule has 75 valence electrons. The maximum absolute atomic E-state index is 10.9. The van der Waals surface area contributed by atoms with Crippen molar-refractivity contribution in [2.45, 2.75) is 0 Å². The normalized spacial score (nSPS) is 12.8. The standard InChI is InChI=1S/C7H7N2O3S2/c1-14(11,12)4-5(2-10)6-3-13-7(8)9-6/h3-4H,1H3,(H2,8,9)/b5-4+. The quantitative estimate of drug-likeness (QED) is 0.751. The molecule has 0 unspecified atom stereocenters. The zero-order chi connectivity index (χ0) is 10.8. The maximum atomic E-state index is 10.9. The number of nitrogen functional groups attached to an aromatic ring is 1. The third-order valence-corrected chi connectivity index (χ3v) is 2.58. The number of sulfone groups is 1. The Hall–Kier alpha value is -1.21. The Kier molecular flexibility index (Phi) is 3.02. The van der Waals surface area contributed by atoms with Crippen molar-refractivity contribution in [3.8, 4) is 0 Å². The first-order valence-corrected chi connectivity index (χ1v) is 6.27. The van der Waals surface area contributed by atoms with Crippen LogP contribution in [0.15, 0.2) is 10.8 Å². The molecule has 0 aliphatic carbocycles. The average Bonchev–Trinajstić information content (AvgIpc) is 2.46. The van der Waals surface area contributed by atoms with Gasteiger partial charge in [-0.05, 0) is 0 Å². The fourth-order valence-electron chi connectivity index (χ4n) is 0.762. The predicted molar refractivity (Wildman–Crippen MR) is 55.0 cm³/mol. The first kappa shape index (κ1) is 10.9. The number of thiazole rings is 1. The minimum Gasteiger partial charge on any atom is -0.375 e. The van der Waals surface area contributed by atoms with Crippen LogP contribution in [-0.2, 0) is 14.6 Å². The van der Waals surface area contributed by atoms with Gasteiger partial charge in [-0.1, -0.05) is 0 Å². The van der Waals surface area contributed by atoms with E-state index in [1.807, 2.05) is 0 Å². The maximum Gasteiger partial charge on any atom is 0.236 e. The molecule has 1 aromatic heterocycles. The first-order valence-electron chi connectivity index (χ1n) is 3.43. The van der Waals surface area contributed by atoms with Crippen molar-refractivity contribution in [1.29, 1.82) is 0 Å². The van der Waals surface area contributed by atoms with Gasteiger partial charge in [0, 0.05) is 17.0 Å². The largest absolute Gasteiger partial charge is 0.375 e. The molecule has 1 radical (unpaired) electrons. The molecule has 14 heavy (non-hydrogen) atoms. The number of nitrogens with two attached hydrogens (primary N) is 1. The molecule has 1 aromatic rings. The second-order valence-electron chi connectivity index (χ2n) is 2.53. The van der Waals surface area contributed by atoms with Crippen LogP contribution in [0.3, 0.4) is 0 Å². The van der Waals surface area contributed by atoms with Crippen LogP contribution in [0.25, 0.3) is 5.57 Å². The van der Waals surface area contributed by atoms with Gasteiger partial charge in [-0.3, -0.25) is 4.79 Å². The van der Waals surface area contributed by atoms with E-state index in [1.54, 1.807) is 0 Å². The summed E-state index contributed by atoms with van der Waals surface area (Å²) in [5.41, 5.74) is 5.45. The number of aromatic nitrogens is 1. The van der Waals surface area contributed by atoms with Gasteiger partial charge in [0.1, 0.15) is 0 Å². The van der Waals surface area contributed by atoms with E-state index in [4.69, 9.17) is 5.73 Å². The highest BCUT2D eigenvalue weighted by Crippen LogP contribution is 2.18. The molecule has 0 fully saturated rings. The summed E-state index contributed by atoms with van der Waals surface area (Å²) in [5.74, 6) is 0. The van der Waals surface area contributed by atoms with Gasteiger partial charge in [0.2, 0.25) is 6.29 Å². The fourth-order valence-corrected chi connectivity index (χ4v) is 1.92. The third kappa shape index (κ3) is 2.93. The highest BCUT2D eigenvalue weighted by molar-refractivity contribution is 7.93. The van der Waals surface area contributed by atoms with Crippen molar-refractivity contribution in [1.82, 2.24) is 4.98 Å². The van der Waals surface area contributed by atoms with Crippen molar-refractivity contribution < 1.29 is 13.2 Å². The van der Waals surface area contributed by atoms with Crippen LogP contribution in [0.4, 0.5) is 5.13 Å². The lowest BCUT2D eigenvalue weighted by molar-refractivity contribution is 0.565. The van der Waals surface area contributed by atoms with Crippen LogP contribution < -0.4 is 5.73 Å². The molecule has 5 nitrogen and oxygen atoms in total. The Morgan fingerprint density at radius 1 is 1.71 bits per heavy atom. The summed E-state index contributed by atoms with van der Waals surface area (Å²) < 4.78 is 21.7. The topological polar surface area (TPSA) is 90.1 Å². The molecule has 1 heterocycles. The van der Waals surface area contributed by atoms with Crippen LogP contribution in [0, 0.1) is 0 Å². The van der Waals surface area contributed by atoms with E-state index in [2.05, 4.69) is 4.98 Å². The lowest BCUT2D eigenvalue weighted by Crippen LogP contribution is -1.95. The smallest absolute Gasteiger partial charge is 0.236 e. The van der Waals surface area contributed by atoms with Gasteiger partial charge in [0.25, 0.3) is 0 Å². The van der Waals surface area contributed by atoms with Crippen molar-refractivity contribution in [2.24, 2.45) is 0 Å². The molecule has 0 saturated heterocycles. The molecular weight excluding hydrogens is 224 g/mol. The third-order valence-electron chi connectivity index (χ3n) is 1.24. The molecule has 0 saturated carbocycles. The Morgan fingerprint density at radius 3 is 2.71 bits per heavy atom. The van der Waals surface area contributed by atoms with Gasteiger partial charge in [0.15, 0.2) is 15.0 Å². The molecule has 0 aromatic carbocycles. The zero-order valence-electron chi connectivity index (χ0n) is 7.22. The Labute approximate surface area is 85.2 Å². The molecule has 0 aliphatic heterocycles. The summed E-state index contributed by atoms with van der Waals surface area (Å²) in [7, 11) is -3.38. The van der Waals surface area contributed by atoms with Crippen LogP contribution >= 0.6 is 11.3 Å². The molecule has 0 amide bonds. The Bertz CT molecular complexity index is 473. The molecule has 0 bridgehead atoms. The highest BCUT2D eigenvalue weighted by atomic mass is 32.2. The highest BCUT2D eigenvalue weighted by Gasteiger charge is 2.09. The lowest BCUT2D eigenvalue weighted by atomic mass is 10.3. The molecule has 0 spiro atoms. The molecule has 2 N–H and O–H groups in total. The van der Waals surface area contributed by atoms with Crippen molar-refractivity contribution in [3.05, 3.63) is 16.5 Å². The number of carbonyl (C=O) groups excluding carboxylic acids is 1. The summed E-state index contributed by atoms with van der Waals surface area (Å²) in [6.45, 7) is 0. The average molecular weight is 231 g/mol. The summed E-state index contributed by atoms with van der Waals surface area (Å²) in [6, 6.07) is 0. The number of rotatable bonds is 3. The van der Waals surface area contributed by atoms with E-state index in [1.165, 1.54) is 11.7 Å². The van der Waals surface area contributed by atoms with E-state index in [9.17, 15) is 13.2 Å².